The van der Waals surface area contributed by atoms with Crippen LogP contribution in [0, 0.1) is 11.3 Å². The lowest BCUT2D eigenvalue weighted by Gasteiger charge is -2.43. The van der Waals surface area contributed by atoms with Crippen LogP contribution >= 0.6 is 0 Å². The Morgan fingerprint density at radius 3 is 2.60 bits per heavy atom. The smallest absolute Gasteiger partial charge is 0.301 e. The van der Waals surface area contributed by atoms with Gasteiger partial charge in [-0.05, 0) is 31.2 Å². The molecule has 5 heterocycles. The fourth-order valence-electron chi connectivity index (χ4n) is 5.87. The van der Waals surface area contributed by atoms with Crippen LogP contribution in [-0.4, -0.2) is 120 Å². The molecule has 0 spiro atoms. The summed E-state index contributed by atoms with van der Waals surface area (Å²) >= 11 is 0. The number of aliphatic hydroxyl groups excluding tert-OH is 1. The van der Waals surface area contributed by atoms with E-state index in [0.717, 1.165) is 50.0 Å². The maximum Gasteiger partial charge on any atom is 0.301 e. The van der Waals surface area contributed by atoms with Crippen molar-refractivity contribution in [3.63, 3.8) is 0 Å². The summed E-state index contributed by atoms with van der Waals surface area (Å²) in [4.78, 5) is 31.1. The molecule has 2 aromatic heterocycles. The summed E-state index contributed by atoms with van der Waals surface area (Å²) in [5.74, 6) is -2.94. The Balaban J connectivity index is 1.13. The van der Waals surface area contributed by atoms with Crippen LogP contribution in [0.15, 0.2) is 42.7 Å². The van der Waals surface area contributed by atoms with E-state index in [0.29, 0.717) is 28.9 Å². The van der Waals surface area contributed by atoms with Gasteiger partial charge in [0.2, 0.25) is 5.95 Å². The van der Waals surface area contributed by atoms with E-state index in [1.54, 1.807) is 31.6 Å². The highest BCUT2D eigenvalue weighted by Crippen LogP contribution is 2.35. The van der Waals surface area contributed by atoms with Crippen LogP contribution in [0.1, 0.15) is 18.9 Å². The highest BCUT2D eigenvalue weighted by atomic mass is 19.3. The Hall–Kier alpha value is -4.65. The minimum atomic E-state index is -3.38. The zero-order valence-electron chi connectivity index (χ0n) is 26.1. The van der Waals surface area contributed by atoms with Crippen LogP contribution < -0.4 is 19.7 Å². The van der Waals surface area contributed by atoms with Gasteiger partial charge in [-0.1, -0.05) is 0 Å². The number of carbonyl (C=O) groups excluding carboxylic acids is 1. The lowest BCUT2D eigenvalue weighted by molar-refractivity contribution is -0.165. The molecule has 13 nitrogen and oxygen atoms in total. The number of amides is 1. The number of likely N-dealkylation sites (tertiary alicyclic amines) is 1. The van der Waals surface area contributed by atoms with E-state index < -0.39 is 30.6 Å². The first-order valence-electron chi connectivity index (χ1n) is 15.4. The van der Waals surface area contributed by atoms with Crippen molar-refractivity contribution < 1.29 is 32.9 Å². The summed E-state index contributed by atoms with van der Waals surface area (Å²) in [6, 6.07) is 10.7. The van der Waals surface area contributed by atoms with E-state index in [4.69, 9.17) is 14.2 Å². The number of nitrogens with zero attached hydrogens (tertiary/aromatic N) is 7. The molecule has 3 aromatic rings. The van der Waals surface area contributed by atoms with Gasteiger partial charge < -0.3 is 34.4 Å². The van der Waals surface area contributed by atoms with Crippen molar-refractivity contribution >= 4 is 23.4 Å². The monoisotopic (exact) mass is 650 g/mol. The molecule has 1 unspecified atom stereocenters. The maximum absolute atomic E-state index is 14.9. The van der Waals surface area contributed by atoms with E-state index >= 15 is 0 Å². The van der Waals surface area contributed by atoms with Gasteiger partial charge in [0.1, 0.15) is 17.9 Å². The van der Waals surface area contributed by atoms with Gasteiger partial charge in [-0.15, -0.1) is 0 Å². The third kappa shape index (κ3) is 7.04. The number of aromatic nitrogens is 3. The molecule has 0 radical (unpaired) electrons. The summed E-state index contributed by atoms with van der Waals surface area (Å²) in [6.07, 6.45) is 0.255. The molecule has 0 saturated carbocycles. The average Bonchev–Trinajstić information content (AvgIpc) is 3.05. The van der Waals surface area contributed by atoms with Gasteiger partial charge in [0.15, 0.2) is 17.7 Å². The number of aliphatic hydroxyl groups is 1. The Bertz CT molecular complexity index is 1640. The molecule has 47 heavy (non-hydrogen) atoms. The molecule has 6 rings (SSSR count). The summed E-state index contributed by atoms with van der Waals surface area (Å²) in [7, 11) is 1.57. The second-order valence-corrected chi connectivity index (χ2v) is 11.8. The number of nitrogens with one attached hydrogen (secondary N) is 1. The Kier molecular flexibility index (Phi) is 9.35. The maximum atomic E-state index is 14.9. The van der Waals surface area contributed by atoms with Gasteiger partial charge in [-0.25, -0.2) is 23.7 Å². The first-order chi connectivity index (χ1) is 22.6. The van der Waals surface area contributed by atoms with E-state index in [1.165, 1.54) is 19.1 Å². The SMILES string of the molecule is COc1cc(N2CCN(C3COC3)CC2)cnc1Nc1nccc(-c2ccc(OC3CCN(C(=O)[C@H](C)O)CC3(F)F)c(C#N)c2)n1. The van der Waals surface area contributed by atoms with Crippen LogP contribution in [-0.2, 0) is 9.53 Å². The molecule has 3 aliphatic rings. The molecule has 15 heteroatoms. The minimum absolute atomic E-state index is 0.00336. The molecule has 2 N–H and O–H groups in total. The van der Waals surface area contributed by atoms with E-state index in [9.17, 15) is 23.9 Å². The number of anilines is 3. The molecule has 3 saturated heterocycles. The molecule has 3 aliphatic heterocycles. The first-order valence-corrected chi connectivity index (χ1v) is 15.4. The molecule has 1 amide bonds. The number of alkyl halides is 2. The van der Waals surface area contributed by atoms with Gasteiger partial charge >= 0.3 is 5.92 Å². The number of ether oxygens (including phenoxy) is 3. The number of methoxy groups -OCH3 is 1. The van der Waals surface area contributed by atoms with Crippen LogP contribution in [0.2, 0.25) is 0 Å². The number of nitriles is 1. The van der Waals surface area contributed by atoms with E-state index in [1.807, 2.05) is 12.1 Å². The number of hydrogen-bond donors (Lipinski definition) is 2. The average molecular weight is 651 g/mol. The predicted octanol–water partition coefficient (Wildman–Crippen LogP) is 2.68. The lowest BCUT2D eigenvalue weighted by atomic mass is 10.0. The standard InChI is InChI=1S/C32H36F2N8O5/c1-20(43)30(44)42-8-6-28(32(33,34)19-42)47-26-4-3-21(13-22(26)15-35)25-5-7-36-31(38-25)39-29-27(45-2)14-23(16-37-29)40-9-11-41(12-10-40)24-17-46-18-24/h3-5,7,13-14,16,20,24,28,43H,6,8-12,17-19H2,1-2H3,(H,36,37,38,39)/t20-,28?/m0/s1. The Labute approximate surface area is 270 Å². The second kappa shape index (κ2) is 13.6. The zero-order valence-corrected chi connectivity index (χ0v) is 26.1. The van der Waals surface area contributed by atoms with E-state index in [2.05, 4.69) is 30.1 Å². The van der Waals surface area contributed by atoms with Crippen LogP contribution in [0.25, 0.3) is 11.3 Å². The van der Waals surface area contributed by atoms with Crippen molar-refractivity contribution in [2.45, 2.75) is 37.5 Å². The largest absolute Gasteiger partial charge is 0.493 e. The minimum Gasteiger partial charge on any atom is -0.493 e. The van der Waals surface area contributed by atoms with Crippen molar-refractivity contribution in [2.75, 3.05) is 69.8 Å². The van der Waals surface area contributed by atoms with E-state index in [-0.39, 0.29) is 30.2 Å². The molecule has 3 fully saturated rings. The Morgan fingerprint density at radius 1 is 1.15 bits per heavy atom. The van der Waals surface area contributed by atoms with Gasteiger partial charge in [-0.3, -0.25) is 9.69 Å². The van der Waals surface area contributed by atoms with Crippen molar-refractivity contribution in [2.24, 2.45) is 0 Å². The summed E-state index contributed by atoms with van der Waals surface area (Å²) in [5, 5.41) is 22.4. The molecule has 2 atom stereocenters. The van der Waals surface area contributed by atoms with Gasteiger partial charge in [-0.2, -0.15) is 5.26 Å². The number of piperazine rings is 1. The first kappa shape index (κ1) is 32.3. The van der Waals surface area contributed by atoms with Crippen molar-refractivity contribution in [1.82, 2.24) is 24.8 Å². The molecule has 0 bridgehead atoms. The fraction of sp³-hybridized carbons (Fsp3) is 0.469. The number of carbonyl (C=O) groups is 1. The molecular formula is C32H36F2N8O5. The number of piperidine rings is 1. The topological polar surface area (TPSA) is 149 Å². The van der Waals surface area contributed by atoms with Crippen LogP contribution in [0.3, 0.4) is 0 Å². The predicted molar refractivity (Wildman–Crippen MR) is 167 cm³/mol. The lowest BCUT2D eigenvalue weighted by Crippen LogP contribution is -2.56. The number of rotatable bonds is 9. The van der Waals surface area contributed by atoms with Gasteiger partial charge in [0.25, 0.3) is 5.91 Å². The molecule has 0 aliphatic carbocycles. The molecule has 248 valence electrons. The molecule has 1 aromatic carbocycles. The molecular weight excluding hydrogens is 614 g/mol. The third-order valence-corrected chi connectivity index (χ3v) is 8.63. The summed E-state index contributed by atoms with van der Waals surface area (Å²) < 4.78 is 46.4. The van der Waals surface area contributed by atoms with Crippen molar-refractivity contribution in [3.05, 3.63) is 48.3 Å². The number of halogens is 2. The number of benzene rings is 1. The Morgan fingerprint density at radius 2 is 1.94 bits per heavy atom. The second-order valence-electron chi connectivity index (χ2n) is 11.8. The highest BCUT2D eigenvalue weighted by Gasteiger charge is 2.48. The van der Waals surface area contributed by atoms with Crippen LogP contribution in [0.4, 0.5) is 26.2 Å². The normalized spacial score (nSPS) is 20.6. The quantitative estimate of drug-likeness (QED) is 0.351. The van der Waals surface area contributed by atoms with Gasteiger partial charge in [0, 0.05) is 57.0 Å². The van der Waals surface area contributed by atoms with Gasteiger partial charge in [0.05, 0.1) is 56.1 Å². The fourth-order valence-corrected chi connectivity index (χ4v) is 5.87. The number of pyridine rings is 1. The third-order valence-electron chi connectivity index (χ3n) is 8.63. The van der Waals surface area contributed by atoms with Crippen molar-refractivity contribution in [1.29, 1.82) is 5.26 Å². The number of hydrogen-bond acceptors (Lipinski definition) is 12. The zero-order chi connectivity index (χ0) is 33.1. The highest BCUT2D eigenvalue weighted by molar-refractivity contribution is 5.80. The summed E-state index contributed by atoms with van der Waals surface area (Å²) in [6.45, 7) is 5.62. The van der Waals surface area contributed by atoms with Crippen molar-refractivity contribution in [3.8, 4) is 28.8 Å². The van der Waals surface area contributed by atoms with Crippen LogP contribution in [0.5, 0.6) is 11.5 Å². The summed E-state index contributed by atoms with van der Waals surface area (Å²) in [5.41, 5.74) is 2.03.